The van der Waals surface area contributed by atoms with Crippen molar-refractivity contribution in [1.29, 1.82) is 0 Å². The monoisotopic (exact) mass is 322 g/mol. The Labute approximate surface area is 139 Å². The Morgan fingerprint density at radius 1 is 1.22 bits per heavy atom. The standard InChI is InChI=1S/C17H30N4O2/c1-17(2)6-4-7-19-15(17)16(23)20-9-3-5-13(12-20)21-10-8-18-11-14(21)22/h13,15,18-19H,3-12H2,1-2H3/t13-,15-/m0/s1. The summed E-state index contributed by atoms with van der Waals surface area (Å²) in [5, 5.41) is 6.55. The fourth-order valence-electron chi connectivity index (χ4n) is 4.23. The molecule has 0 aliphatic carbocycles. The Bertz CT molecular complexity index is 466. The highest BCUT2D eigenvalue weighted by molar-refractivity contribution is 5.83. The van der Waals surface area contributed by atoms with Gasteiger partial charge in [-0.2, -0.15) is 0 Å². The molecule has 3 aliphatic rings. The van der Waals surface area contributed by atoms with Crippen LogP contribution in [0.1, 0.15) is 39.5 Å². The van der Waals surface area contributed by atoms with Crippen molar-refractivity contribution in [3.8, 4) is 0 Å². The summed E-state index contributed by atoms with van der Waals surface area (Å²) in [7, 11) is 0. The Kier molecular flexibility index (Phi) is 4.92. The minimum atomic E-state index is -0.0891. The Balaban J connectivity index is 1.65. The Morgan fingerprint density at radius 3 is 2.78 bits per heavy atom. The first-order chi connectivity index (χ1) is 11.0. The normalized spacial score (nSPS) is 32.0. The van der Waals surface area contributed by atoms with E-state index in [1.165, 1.54) is 0 Å². The van der Waals surface area contributed by atoms with Gasteiger partial charge in [0.25, 0.3) is 0 Å². The lowest BCUT2D eigenvalue weighted by Gasteiger charge is -2.45. The van der Waals surface area contributed by atoms with Gasteiger partial charge >= 0.3 is 0 Å². The molecule has 0 unspecified atom stereocenters. The number of hydrogen-bond donors (Lipinski definition) is 2. The molecule has 3 fully saturated rings. The number of carbonyl (C=O) groups excluding carboxylic acids is 2. The van der Waals surface area contributed by atoms with Gasteiger partial charge in [-0.05, 0) is 37.6 Å². The fourth-order valence-corrected chi connectivity index (χ4v) is 4.23. The lowest BCUT2D eigenvalue weighted by Crippen LogP contribution is -2.61. The van der Waals surface area contributed by atoms with Crippen LogP contribution in [0, 0.1) is 5.41 Å². The van der Waals surface area contributed by atoms with E-state index in [2.05, 4.69) is 24.5 Å². The smallest absolute Gasteiger partial charge is 0.240 e. The van der Waals surface area contributed by atoms with E-state index < -0.39 is 0 Å². The van der Waals surface area contributed by atoms with E-state index in [-0.39, 0.29) is 29.3 Å². The average molecular weight is 322 g/mol. The predicted molar refractivity (Wildman–Crippen MR) is 89.0 cm³/mol. The molecule has 0 radical (unpaired) electrons. The maximum Gasteiger partial charge on any atom is 0.240 e. The molecular weight excluding hydrogens is 292 g/mol. The van der Waals surface area contributed by atoms with Crippen LogP contribution < -0.4 is 10.6 Å². The van der Waals surface area contributed by atoms with Crippen molar-refractivity contribution in [2.45, 2.75) is 51.6 Å². The van der Waals surface area contributed by atoms with Gasteiger partial charge in [-0.25, -0.2) is 0 Å². The Morgan fingerprint density at radius 2 is 2.04 bits per heavy atom. The molecule has 6 nitrogen and oxygen atoms in total. The summed E-state index contributed by atoms with van der Waals surface area (Å²) in [5.74, 6) is 0.397. The first-order valence-corrected chi connectivity index (χ1v) is 9.01. The van der Waals surface area contributed by atoms with Gasteiger partial charge < -0.3 is 20.4 Å². The molecule has 0 aromatic heterocycles. The van der Waals surface area contributed by atoms with Crippen LogP contribution in [-0.4, -0.2) is 73.0 Å². The van der Waals surface area contributed by atoms with Crippen LogP contribution in [0.5, 0.6) is 0 Å². The molecule has 3 saturated heterocycles. The van der Waals surface area contributed by atoms with Crippen molar-refractivity contribution in [3.63, 3.8) is 0 Å². The highest BCUT2D eigenvalue weighted by atomic mass is 16.2. The zero-order valence-electron chi connectivity index (χ0n) is 14.4. The van der Waals surface area contributed by atoms with Crippen molar-refractivity contribution in [3.05, 3.63) is 0 Å². The second-order valence-corrected chi connectivity index (χ2v) is 7.82. The number of nitrogens with zero attached hydrogens (tertiary/aromatic N) is 2. The van der Waals surface area contributed by atoms with E-state index in [1.807, 2.05) is 9.80 Å². The summed E-state index contributed by atoms with van der Waals surface area (Å²) in [6.45, 7) is 8.86. The van der Waals surface area contributed by atoms with Crippen molar-refractivity contribution in [2.75, 3.05) is 39.3 Å². The van der Waals surface area contributed by atoms with Crippen LogP contribution in [0.15, 0.2) is 0 Å². The molecule has 6 heteroatoms. The van der Waals surface area contributed by atoms with Crippen molar-refractivity contribution < 1.29 is 9.59 Å². The second-order valence-electron chi connectivity index (χ2n) is 7.82. The van der Waals surface area contributed by atoms with Crippen molar-refractivity contribution >= 4 is 11.8 Å². The topological polar surface area (TPSA) is 64.7 Å². The molecular formula is C17H30N4O2. The van der Waals surface area contributed by atoms with Gasteiger partial charge in [-0.1, -0.05) is 13.8 Å². The molecule has 0 aromatic rings. The summed E-state index contributed by atoms with van der Waals surface area (Å²) in [6.07, 6.45) is 4.22. The van der Waals surface area contributed by atoms with E-state index in [0.717, 1.165) is 51.9 Å². The molecule has 130 valence electrons. The van der Waals surface area contributed by atoms with E-state index in [9.17, 15) is 9.59 Å². The first-order valence-electron chi connectivity index (χ1n) is 9.01. The molecule has 3 rings (SSSR count). The summed E-state index contributed by atoms with van der Waals surface area (Å²) >= 11 is 0. The summed E-state index contributed by atoms with van der Waals surface area (Å²) in [4.78, 5) is 29.1. The third-order valence-electron chi connectivity index (χ3n) is 5.65. The Hall–Kier alpha value is -1.14. The molecule has 3 heterocycles. The maximum atomic E-state index is 13.0. The quantitative estimate of drug-likeness (QED) is 0.762. The SMILES string of the molecule is CC1(C)CCCN[C@H]1C(=O)N1CCC[C@H](N2CCNCC2=O)C1. The van der Waals surface area contributed by atoms with Crippen LogP contribution in [0.25, 0.3) is 0 Å². The molecule has 0 aromatic carbocycles. The number of piperazine rings is 1. The number of carbonyl (C=O) groups is 2. The molecule has 0 saturated carbocycles. The molecule has 3 aliphatic heterocycles. The lowest BCUT2D eigenvalue weighted by atomic mass is 9.77. The van der Waals surface area contributed by atoms with Crippen LogP contribution in [-0.2, 0) is 9.59 Å². The third-order valence-corrected chi connectivity index (χ3v) is 5.65. The van der Waals surface area contributed by atoms with Gasteiger partial charge in [0.05, 0.1) is 12.6 Å². The summed E-state index contributed by atoms with van der Waals surface area (Å²) in [6, 6.07) is 0.0997. The van der Waals surface area contributed by atoms with Crippen molar-refractivity contribution in [1.82, 2.24) is 20.4 Å². The summed E-state index contributed by atoms with van der Waals surface area (Å²) < 4.78 is 0. The lowest BCUT2D eigenvalue weighted by molar-refractivity contribution is -0.143. The van der Waals surface area contributed by atoms with Crippen LogP contribution in [0.2, 0.25) is 0 Å². The van der Waals surface area contributed by atoms with Gasteiger partial charge in [-0.3, -0.25) is 9.59 Å². The van der Waals surface area contributed by atoms with Gasteiger partial charge in [0, 0.05) is 32.2 Å². The van der Waals surface area contributed by atoms with E-state index in [1.54, 1.807) is 0 Å². The van der Waals surface area contributed by atoms with Gasteiger partial charge in [0.15, 0.2) is 0 Å². The maximum absolute atomic E-state index is 13.0. The molecule has 23 heavy (non-hydrogen) atoms. The fraction of sp³-hybridized carbons (Fsp3) is 0.882. The number of nitrogens with one attached hydrogen (secondary N) is 2. The molecule has 2 atom stereocenters. The van der Waals surface area contributed by atoms with E-state index >= 15 is 0 Å². The number of likely N-dealkylation sites (tertiary alicyclic amines) is 1. The third kappa shape index (κ3) is 3.53. The van der Waals surface area contributed by atoms with E-state index in [0.29, 0.717) is 13.1 Å². The van der Waals surface area contributed by atoms with Crippen LogP contribution in [0.4, 0.5) is 0 Å². The first kappa shape index (κ1) is 16.7. The van der Waals surface area contributed by atoms with Gasteiger partial charge in [-0.15, -0.1) is 0 Å². The molecule has 2 amide bonds. The van der Waals surface area contributed by atoms with Crippen molar-refractivity contribution in [2.24, 2.45) is 5.41 Å². The highest BCUT2D eigenvalue weighted by Gasteiger charge is 2.41. The minimum Gasteiger partial charge on any atom is -0.339 e. The predicted octanol–water partition coefficient (Wildman–Crippen LogP) is 0.187. The molecule has 0 bridgehead atoms. The van der Waals surface area contributed by atoms with E-state index in [4.69, 9.17) is 0 Å². The molecule has 2 N–H and O–H groups in total. The summed E-state index contributed by atoms with van der Waals surface area (Å²) in [5.41, 5.74) is 0.00708. The van der Waals surface area contributed by atoms with Gasteiger partial charge in [0.1, 0.15) is 0 Å². The minimum absolute atomic E-state index is 0.00708. The zero-order chi connectivity index (χ0) is 16.4. The van der Waals surface area contributed by atoms with Gasteiger partial charge in [0.2, 0.25) is 11.8 Å². The van der Waals surface area contributed by atoms with Crippen LogP contribution in [0.3, 0.4) is 0 Å². The number of amides is 2. The zero-order valence-corrected chi connectivity index (χ0v) is 14.4. The average Bonchev–Trinajstić information content (AvgIpc) is 2.54. The highest BCUT2D eigenvalue weighted by Crippen LogP contribution is 2.32. The second kappa shape index (κ2) is 6.77. The number of piperidine rings is 2. The molecule has 0 spiro atoms. The largest absolute Gasteiger partial charge is 0.339 e. The number of rotatable bonds is 2. The van der Waals surface area contributed by atoms with Crippen LogP contribution >= 0.6 is 0 Å². The number of hydrogen-bond acceptors (Lipinski definition) is 4.